The van der Waals surface area contributed by atoms with E-state index in [-0.39, 0.29) is 17.7 Å². The average molecular weight is 211 g/mol. The Labute approximate surface area is 92.0 Å². The van der Waals surface area contributed by atoms with E-state index in [4.69, 9.17) is 11.0 Å². The van der Waals surface area contributed by atoms with Crippen molar-refractivity contribution in [2.45, 2.75) is 27.2 Å². The maximum atomic E-state index is 12.0. The average Bonchev–Trinajstić information content (AvgIpc) is 2.19. The molecule has 0 aromatic heterocycles. The van der Waals surface area contributed by atoms with E-state index in [0.717, 1.165) is 0 Å². The number of nitrogens with zero attached hydrogens (tertiary/aromatic N) is 2. The van der Waals surface area contributed by atoms with Crippen molar-refractivity contribution in [2.75, 3.05) is 19.6 Å². The normalized spacial score (nSPS) is 12.3. The molecule has 0 saturated carbocycles. The molecule has 4 nitrogen and oxygen atoms in total. The lowest BCUT2D eigenvalue weighted by atomic mass is 9.94. The molecule has 0 radical (unpaired) electrons. The van der Waals surface area contributed by atoms with E-state index in [9.17, 15) is 4.79 Å². The van der Waals surface area contributed by atoms with Crippen molar-refractivity contribution in [2.24, 2.45) is 17.6 Å². The largest absolute Gasteiger partial charge is 0.342 e. The van der Waals surface area contributed by atoms with Gasteiger partial charge in [0, 0.05) is 19.6 Å². The second kappa shape index (κ2) is 7.24. The molecule has 1 atom stereocenters. The fourth-order valence-electron chi connectivity index (χ4n) is 1.50. The quantitative estimate of drug-likeness (QED) is 0.712. The zero-order valence-corrected chi connectivity index (χ0v) is 9.86. The molecule has 0 bridgehead atoms. The van der Waals surface area contributed by atoms with Crippen molar-refractivity contribution < 1.29 is 4.79 Å². The number of nitriles is 1. The fourth-order valence-corrected chi connectivity index (χ4v) is 1.50. The highest BCUT2D eigenvalue weighted by molar-refractivity contribution is 5.79. The molecule has 0 heterocycles. The Morgan fingerprint density at radius 2 is 2.13 bits per heavy atom. The predicted octanol–water partition coefficient (Wildman–Crippen LogP) is 0.979. The standard InChI is InChI=1S/C11H21N3O/c1-4-14(7-5-6-12)11(15)10(8-13)9(2)3/h9-10H,4-5,7-8,13H2,1-3H3. The van der Waals surface area contributed by atoms with Gasteiger partial charge in [-0.05, 0) is 12.8 Å². The Morgan fingerprint density at radius 3 is 2.47 bits per heavy atom. The lowest BCUT2D eigenvalue weighted by Crippen LogP contribution is -2.41. The molecular weight excluding hydrogens is 190 g/mol. The number of hydrogen-bond donors (Lipinski definition) is 1. The molecule has 0 aliphatic rings. The van der Waals surface area contributed by atoms with Crippen LogP contribution in [0.2, 0.25) is 0 Å². The highest BCUT2D eigenvalue weighted by Crippen LogP contribution is 2.13. The summed E-state index contributed by atoms with van der Waals surface area (Å²) in [6, 6.07) is 2.05. The van der Waals surface area contributed by atoms with Crippen LogP contribution in [0.15, 0.2) is 0 Å². The van der Waals surface area contributed by atoms with Crippen LogP contribution in [0.4, 0.5) is 0 Å². The monoisotopic (exact) mass is 211 g/mol. The molecule has 2 N–H and O–H groups in total. The van der Waals surface area contributed by atoms with Crippen LogP contribution in [0.25, 0.3) is 0 Å². The van der Waals surface area contributed by atoms with E-state index in [0.29, 0.717) is 26.1 Å². The van der Waals surface area contributed by atoms with E-state index in [1.54, 1.807) is 4.90 Å². The molecule has 0 fully saturated rings. The molecule has 0 aromatic carbocycles. The second-order valence-electron chi connectivity index (χ2n) is 3.91. The van der Waals surface area contributed by atoms with Crippen LogP contribution in [0.1, 0.15) is 27.2 Å². The van der Waals surface area contributed by atoms with Crippen LogP contribution >= 0.6 is 0 Å². The van der Waals surface area contributed by atoms with Crippen LogP contribution in [0.3, 0.4) is 0 Å². The molecule has 0 saturated heterocycles. The maximum Gasteiger partial charge on any atom is 0.227 e. The minimum absolute atomic E-state index is 0.0743. The third-order valence-corrected chi connectivity index (χ3v) is 2.56. The minimum Gasteiger partial charge on any atom is -0.342 e. The van der Waals surface area contributed by atoms with E-state index in [1.165, 1.54) is 0 Å². The third kappa shape index (κ3) is 4.30. The van der Waals surface area contributed by atoms with Crippen LogP contribution in [-0.4, -0.2) is 30.4 Å². The zero-order chi connectivity index (χ0) is 11.8. The van der Waals surface area contributed by atoms with Gasteiger partial charge in [0.05, 0.1) is 18.4 Å². The zero-order valence-electron chi connectivity index (χ0n) is 9.86. The van der Waals surface area contributed by atoms with Gasteiger partial charge in [0.1, 0.15) is 0 Å². The van der Waals surface area contributed by atoms with Crippen molar-refractivity contribution in [3.63, 3.8) is 0 Å². The summed E-state index contributed by atoms with van der Waals surface area (Å²) in [4.78, 5) is 13.7. The van der Waals surface area contributed by atoms with Crippen molar-refractivity contribution >= 4 is 5.91 Å². The number of hydrogen-bond acceptors (Lipinski definition) is 3. The number of carbonyl (C=O) groups is 1. The SMILES string of the molecule is CCN(CCC#N)C(=O)C(CN)C(C)C. The van der Waals surface area contributed by atoms with Crippen molar-refractivity contribution in [3.8, 4) is 6.07 Å². The van der Waals surface area contributed by atoms with Gasteiger partial charge in [-0.1, -0.05) is 13.8 Å². The molecule has 1 amide bonds. The molecule has 0 aromatic rings. The van der Waals surface area contributed by atoms with Crippen molar-refractivity contribution in [1.82, 2.24) is 4.90 Å². The second-order valence-corrected chi connectivity index (χ2v) is 3.91. The Hall–Kier alpha value is -1.08. The molecule has 86 valence electrons. The summed E-state index contributed by atoms with van der Waals surface area (Å²) >= 11 is 0. The van der Waals surface area contributed by atoms with Gasteiger partial charge in [-0.15, -0.1) is 0 Å². The molecule has 4 heteroatoms. The molecule has 1 unspecified atom stereocenters. The maximum absolute atomic E-state index is 12.0. The van der Waals surface area contributed by atoms with Gasteiger partial charge < -0.3 is 10.6 Å². The first-order valence-electron chi connectivity index (χ1n) is 5.44. The summed E-state index contributed by atoms with van der Waals surface area (Å²) in [6.07, 6.45) is 0.384. The van der Waals surface area contributed by atoms with Crippen LogP contribution in [-0.2, 0) is 4.79 Å². The summed E-state index contributed by atoms with van der Waals surface area (Å²) in [7, 11) is 0. The first-order chi connectivity index (χ1) is 7.08. The Bertz CT molecular complexity index is 232. The van der Waals surface area contributed by atoms with Crippen LogP contribution in [0, 0.1) is 23.2 Å². The van der Waals surface area contributed by atoms with Crippen LogP contribution in [0.5, 0.6) is 0 Å². The van der Waals surface area contributed by atoms with Gasteiger partial charge in [0.25, 0.3) is 0 Å². The number of rotatable bonds is 6. The Kier molecular flexibility index (Phi) is 6.72. The Morgan fingerprint density at radius 1 is 1.53 bits per heavy atom. The van der Waals surface area contributed by atoms with Gasteiger partial charge in [-0.2, -0.15) is 5.26 Å². The number of amides is 1. The third-order valence-electron chi connectivity index (χ3n) is 2.56. The lowest BCUT2D eigenvalue weighted by Gasteiger charge is -2.26. The Balaban J connectivity index is 4.42. The van der Waals surface area contributed by atoms with E-state index < -0.39 is 0 Å². The molecule has 0 spiro atoms. The first-order valence-corrected chi connectivity index (χ1v) is 5.44. The lowest BCUT2D eigenvalue weighted by molar-refractivity contribution is -0.136. The summed E-state index contributed by atoms with van der Waals surface area (Å²) in [5.74, 6) is 0.201. The number of carbonyl (C=O) groups excluding carboxylic acids is 1. The fraction of sp³-hybridized carbons (Fsp3) is 0.818. The van der Waals surface area contributed by atoms with Gasteiger partial charge in [-0.25, -0.2) is 0 Å². The van der Waals surface area contributed by atoms with Gasteiger partial charge in [-0.3, -0.25) is 4.79 Å². The number of nitrogens with two attached hydrogens (primary N) is 1. The van der Waals surface area contributed by atoms with E-state index in [1.807, 2.05) is 26.8 Å². The van der Waals surface area contributed by atoms with E-state index >= 15 is 0 Å². The van der Waals surface area contributed by atoms with Gasteiger partial charge >= 0.3 is 0 Å². The molecule has 0 rings (SSSR count). The molecule has 0 aliphatic carbocycles. The highest BCUT2D eigenvalue weighted by Gasteiger charge is 2.24. The molecular formula is C11H21N3O. The predicted molar refractivity (Wildman–Crippen MR) is 59.9 cm³/mol. The van der Waals surface area contributed by atoms with Crippen LogP contribution < -0.4 is 5.73 Å². The highest BCUT2D eigenvalue weighted by atomic mass is 16.2. The van der Waals surface area contributed by atoms with Gasteiger partial charge in [0.15, 0.2) is 0 Å². The first kappa shape index (κ1) is 13.9. The smallest absolute Gasteiger partial charge is 0.227 e. The summed E-state index contributed by atoms with van der Waals surface area (Å²) in [5.41, 5.74) is 5.58. The van der Waals surface area contributed by atoms with Gasteiger partial charge in [0.2, 0.25) is 5.91 Å². The molecule has 15 heavy (non-hydrogen) atoms. The summed E-state index contributed by atoms with van der Waals surface area (Å²) in [6.45, 7) is 7.43. The van der Waals surface area contributed by atoms with E-state index in [2.05, 4.69) is 0 Å². The minimum atomic E-state index is -0.122. The summed E-state index contributed by atoms with van der Waals surface area (Å²) in [5, 5.41) is 8.48. The van der Waals surface area contributed by atoms with Crippen molar-refractivity contribution in [3.05, 3.63) is 0 Å². The molecule has 0 aliphatic heterocycles. The van der Waals surface area contributed by atoms with Crippen molar-refractivity contribution in [1.29, 1.82) is 5.26 Å². The summed E-state index contributed by atoms with van der Waals surface area (Å²) < 4.78 is 0. The topological polar surface area (TPSA) is 70.1 Å².